The number of anilines is 2. The highest BCUT2D eigenvalue weighted by atomic mass is 16.2. The van der Waals surface area contributed by atoms with Gasteiger partial charge in [0.15, 0.2) is 0 Å². The first-order valence-electron chi connectivity index (χ1n) is 12.5. The first-order chi connectivity index (χ1) is 17.5. The van der Waals surface area contributed by atoms with E-state index in [9.17, 15) is 19.2 Å². The van der Waals surface area contributed by atoms with E-state index in [1.165, 1.54) is 0 Å². The van der Waals surface area contributed by atoms with Gasteiger partial charge in [-0.3, -0.25) is 34.3 Å². The van der Waals surface area contributed by atoms with Gasteiger partial charge in [-0.05, 0) is 36.8 Å². The topological polar surface area (TPSA) is 106 Å². The van der Waals surface area contributed by atoms with Crippen LogP contribution < -0.4 is 15.1 Å². The monoisotopic (exact) mass is 488 g/mol. The zero-order chi connectivity index (χ0) is 24.8. The van der Waals surface area contributed by atoms with Crippen LogP contribution in [0, 0.1) is 5.92 Å². The summed E-state index contributed by atoms with van der Waals surface area (Å²) in [6, 6.07) is 10.4. The highest BCUT2D eigenvalue weighted by molar-refractivity contribution is 6.23. The van der Waals surface area contributed by atoms with Crippen molar-refractivity contribution in [2.75, 3.05) is 55.6 Å². The van der Waals surface area contributed by atoms with Gasteiger partial charge in [0.25, 0.3) is 11.8 Å². The Kier molecular flexibility index (Phi) is 5.67. The van der Waals surface area contributed by atoms with E-state index in [4.69, 9.17) is 0 Å². The third-order valence-corrected chi connectivity index (χ3v) is 7.61. The summed E-state index contributed by atoms with van der Waals surface area (Å²) in [5, 5.41) is 2.23. The second-order valence-electron chi connectivity index (χ2n) is 9.92. The van der Waals surface area contributed by atoms with Crippen LogP contribution in [-0.4, -0.2) is 90.3 Å². The first kappa shape index (κ1) is 22.7. The summed E-state index contributed by atoms with van der Waals surface area (Å²) in [6.45, 7) is 6.81. The molecule has 1 N–H and O–H groups in total. The molecule has 3 fully saturated rings. The Balaban J connectivity index is 1.04. The summed E-state index contributed by atoms with van der Waals surface area (Å²) in [6.07, 6.45) is 2.11. The van der Waals surface area contributed by atoms with Crippen molar-refractivity contribution in [3.63, 3.8) is 0 Å². The predicted molar refractivity (Wildman–Crippen MR) is 132 cm³/mol. The molecule has 4 aliphatic heterocycles. The molecule has 0 spiro atoms. The molecule has 4 amide bonds. The quantitative estimate of drug-likeness (QED) is 0.615. The van der Waals surface area contributed by atoms with E-state index in [0.29, 0.717) is 17.0 Å². The van der Waals surface area contributed by atoms with Crippen LogP contribution in [0.15, 0.2) is 42.6 Å². The van der Waals surface area contributed by atoms with Gasteiger partial charge in [0.05, 0.1) is 11.1 Å². The molecule has 6 rings (SSSR count). The summed E-state index contributed by atoms with van der Waals surface area (Å²) in [5.41, 5.74) is 1.56. The summed E-state index contributed by atoms with van der Waals surface area (Å²) in [4.78, 5) is 62.2. The lowest BCUT2D eigenvalue weighted by Gasteiger charge is -2.45. The molecule has 3 saturated heterocycles. The van der Waals surface area contributed by atoms with Crippen LogP contribution in [-0.2, 0) is 9.59 Å². The molecule has 1 unspecified atom stereocenters. The van der Waals surface area contributed by atoms with Crippen molar-refractivity contribution in [2.24, 2.45) is 5.92 Å². The van der Waals surface area contributed by atoms with Gasteiger partial charge >= 0.3 is 0 Å². The van der Waals surface area contributed by atoms with E-state index in [1.807, 2.05) is 24.4 Å². The van der Waals surface area contributed by atoms with Crippen molar-refractivity contribution < 1.29 is 19.2 Å². The lowest BCUT2D eigenvalue weighted by molar-refractivity contribution is -0.136. The van der Waals surface area contributed by atoms with Crippen LogP contribution in [0.3, 0.4) is 0 Å². The SMILES string of the molecule is O=C1CCC(N2C(=O)c3ccc(N4CC(CN5CCN(c6ccccn6)CC5)C4)cc3C2=O)C(=O)N1. The fourth-order valence-corrected chi connectivity index (χ4v) is 5.62. The van der Waals surface area contributed by atoms with Crippen LogP contribution in [0.5, 0.6) is 0 Å². The van der Waals surface area contributed by atoms with Crippen molar-refractivity contribution in [2.45, 2.75) is 18.9 Å². The number of carbonyl (C=O) groups excluding carboxylic acids is 4. The molecule has 186 valence electrons. The van der Waals surface area contributed by atoms with Crippen LogP contribution in [0.4, 0.5) is 11.5 Å². The third-order valence-electron chi connectivity index (χ3n) is 7.61. The molecule has 10 nitrogen and oxygen atoms in total. The highest BCUT2D eigenvalue weighted by Crippen LogP contribution is 2.33. The molecule has 1 atom stereocenters. The molecule has 10 heteroatoms. The van der Waals surface area contributed by atoms with Crippen molar-refractivity contribution in [3.8, 4) is 0 Å². The third kappa shape index (κ3) is 4.01. The molecule has 5 heterocycles. The van der Waals surface area contributed by atoms with Crippen molar-refractivity contribution in [1.29, 1.82) is 0 Å². The highest BCUT2D eigenvalue weighted by Gasteiger charge is 2.45. The first-order valence-corrected chi connectivity index (χ1v) is 12.5. The summed E-state index contributed by atoms with van der Waals surface area (Å²) in [7, 11) is 0. The Labute approximate surface area is 208 Å². The number of nitrogens with one attached hydrogen (secondary N) is 1. The van der Waals surface area contributed by atoms with Crippen LogP contribution in [0.2, 0.25) is 0 Å². The Bertz CT molecular complexity index is 1220. The normalized spacial score (nSPS) is 23.1. The van der Waals surface area contributed by atoms with E-state index in [2.05, 4.69) is 31.1 Å². The number of hydrogen-bond donors (Lipinski definition) is 1. The molecular formula is C26H28N6O4. The standard InChI is InChI=1S/C26H28N6O4/c33-23-7-6-21(24(34)28-23)32-25(35)19-5-4-18(13-20(19)26(32)36)31-15-17(16-31)14-29-9-11-30(12-10-29)22-3-1-2-8-27-22/h1-5,8,13,17,21H,6-7,9-12,14-16H2,(H,28,33,34). The van der Waals surface area contributed by atoms with Gasteiger partial charge in [-0.2, -0.15) is 0 Å². The number of amides is 4. The van der Waals surface area contributed by atoms with Gasteiger partial charge < -0.3 is 9.80 Å². The van der Waals surface area contributed by atoms with Gasteiger partial charge in [-0.15, -0.1) is 0 Å². The number of imide groups is 2. The van der Waals surface area contributed by atoms with Crippen molar-refractivity contribution in [1.82, 2.24) is 20.1 Å². The summed E-state index contributed by atoms with van der Waals surface area (Å²) in [5.74, 6) is -0.314. The fraction of sp³-hybridized carbons (Fsp3) is 0.423. The Morgan fingerprint density at radius 3 is 2.39 bits per heavy atom. The molecular weight excluding hydrogens is 460 g/mol. The number of rotatable bonds is 5. The Hall–Kier alpha value is -3.79. The largest absolute Gasteiger partial charge is 0.371 e. The molecule has 2 aromatic rings. The van der Waals surface area contributed by atoms with E-state index in [0.717, 1.165) is 62.2 Å². The van der Waals surface area contributed by atoms with Gasteiger partial charge in [0, 0.05) is 70.0 Å². The number of aromatic nitrogens is 1. The van der Waals surface area contributed by atoms with Crippen molar-refractivity contribution >= 4 is 35.1 Å². The van der Waals surface area contributed by atoms with Crippen LogP contribution in [0.1, 0.15) is 33.6 Å². The predicted octanol–water partition coefficient (Wildman–Crippen LogP) is 0.741. The molecule has 4 aliphatic rings. The van der Waals surface area contributed by atoms with E-state index in [-0.39, 0.29) is 18.7 Å². The van der Waals surface area contributed by atoms with Gasteiger partial charge in [0.1, 0.15) is 11.9 Å². The van der Waals surface area contributed by atoms with E-state index < -0.39 is 23.8 Å². The minimum atomic E-state index is -0.940. The molecule has 0 aliphatic carbocycles. The van der Waals surface area contributed by atoms with Crippen LogP contribution in [0.25, 0.3) is 0 Å². The van der Waals surface area contributed by atoms with Gasteiger partial charge in [0.2, 0.25) is 11.8 Å². The number of nitrogens with zero attached hydrogens (tertiary/aromatic N) is 5. The second-order valence-corrected chi connectivity index (χ2v) is 9.92. The molecule has 36 heavy (non-hydrogen) atoms. The summed E-state index contributed by atoms with van der Waals surface area (Å²) < 4.78 is 0. The minimum absolute atomic E-state index is 0.114. The summed E-state index contributed by atoms with van der Waals surface area (Å²) >= 11 is 0. The van der Waals surface area contributed by atoms with E-state index in [1.54, 1.807) is 12.1 Å². The zero-order valence-electron chi connectivity index (χ0n) is 19.9. The van der Waals surface area contributed by atoms with Crippen LogP contribution >= 0.6 is 0 Å². The van der Waals surface area contributed by atoms with Gasteiger partial charge in [-0.1, -0.05) is 6.07 Å². The zero-order valence-corrected chi connectivity index (χ0v) is 19.9. The maximum Gasteiger partial charge on any atom is 0.262 e. The molecule has 0 radical (unpaired) electrons. The maximum absolute atomic E-state index is 13.1. The van der Waals surface area contributed by atoms with Crippen molar-refractivity contribution in [3.05, 3.63) is 53.7 Å². The maximum atomic E-state index is 13.1. The fourth-order valence-electron chi connectivity index (χ4n) is 5.62. The van der Waals surface area contributed by atoms with E-state index >= 15 is 0 Å². The lowest BCUT2D eigenvalue weighted by Crippen LogP contribution is -2.55. The smallest absolute Gasteiger partial charge is 0.262 e. The number of fused-ring (bicyclic) bond motifs is 1. The molecule has 0 bridgehead atoms. The number of benzene rings is 1. The average molecular weight is 489 g/mol. The number of piperidine rings is 1. The minimum Gasteiger partial charge on any atom is -0.371 e. The lowest BCUT2D eigenvalue weighted by atomic mass is 9.97. The molecule has 0 saturated carbocycles. The number of pyridine rings is 1. The number of piperazine rings is 1. The van der Waals surface area contributed by atoms with Gasteiger partial charge in [-0.25, -0.2) is 4.98 Å². The number of hydrogen-bond acceptors (Lipinski definition) is 8. The average Bonchev–Trinajstić information content (AvgIpc) is 3.11. The molecule has 1 aromatic carbocycles. The number of carbonyl (C=O) groups is 4. The molecule has 1 aromatic heterocycles. The Morgan fingerprint density at radius 2 is 1.67 bits per heavy atom. The Morgan fingerprint density at radius 1 is 0.889 bits per heavy atom. The second kappa shape index (κ2) is 9.02.